The number of H-pyrrole nitrogens is 1. The molecule has 0 spiro atoms. The highest BCUT2D eigenvalue weighted by atomic mass is 16.3. The van der Waals surface area contributed by atoms with Crippen LogP contribution in [0.25, 0.3) is 22.3 Å². The van der Waals surface area contributed by atoms with Crippen LogP contribution in [0.2, 0.25) is 0 Å². The number of fused-ring (bicyclic) bond motifs is 1. The predicted molar refractivity (Wildman–Crippen MR) is 71.1 cm³/mol. The van der Waals surface area contributed by atoms with E-state index in [-0.39, 0.29) is 22.4 Å². The van der Waals surface area contributed by atoms with Crippen LogP contribution in [0.1, 0.15) is 0 Å². The van der Waals surface area contributed by atoms with Crippen LogP contribution >= 0.6 is 0 Å². The maximum atomic E-state index is 11.9. The van der Waals surface area contributed by atoms with Gasteiger partial charge in [0.2, 0.25) is 0 Å². The van der Waals surface area contributed by atoms with Crippen LogP contribution in [0.15, 0.2) is 47.3 Å². The van der Waals surface area contributed by atoms with Crippen LogP contribution < -0.4 is 5.56 Å². The molecule has 0 fully saturated rings. The number of nitrogens with one attached hydrogen (secondary N) is 1. The summed E-state index contributed by atoms with van der Waals surface area (Å²) in [7, 11) is 0. The Labute approximate surface area is 107 Å². The van der Waals surface area contributed by atoms with Crippen molar-refractivity contribution in [2.24, 2.45) is 0 Å². The highest BCUT2D eigenvalue weighted by Crippen LogP contribution is 2.28. The summed E-state index contributed by atoms with van der Waals surface area (Å²) in [6.07, 6.45) is 0. The molecule has 0 amide bonds. The third-order valence-electron chi connectivity index (χ3n) is 2.85. The molecule has 0 saturated carbocycles. The van der Waals surface area contributed by atoms with Gasteiger partial charge in [-0.2, -0.15) is 0 Å². The monoisotopic (exact) mass is 254 g/mol. The smallest absolute Gasteiger partial charge is 0.259 e. The minimum absolute atomic E-state index is 0.231. The van der Waals surface area contributed by atoms with Gasteiger partial charge in [-0.15, -0.1) is 0 Å². The topological polar surface area (TPSA) is 86.2 Å². The lowest BCUT2D eigenvalue weighted by molar-refractivity contribution is 0.404. The summed E-state index contributed by atoms with van der Waals surface area (Å²) in [5.74, 6) is -0.222. The summed E-state index contributed by atoms with van der Waals surface area (Å²) in [6, 6.07) is 11.7. The first-order valence-corrected chi connectivity index (χ1v) is 5.66. The molecule has 94 valence electrons. The lowest BCUT2D eigenvalue weighted by atomic mass is 10.2. The van der Waals surface area contributed by atoms with Gasteiger partial charge in [0.05, 0.1) is 10.9 Å². The number of aromatic amines is 1. The average molecular weight is 254 g/mol. The first kappa shape index (κ1) is 11.3. The number of benzene rings is 2. The molecule has 5 nitrogen and oxygen atoms in total. The Kier molecular flexibility index (Phi) is 2.45. The van der Waals surface area contributed by atoms with Crippen molar-refractivity contribution < 1.29 is 10.2 Å². The Balaban J connectivity index is 2.31. The molecule has 0 unspecified atom stereocenters. The van der Waals surface area contributed by atoms with Gasteiger partial charge < -0.3 is 15.2 Å². The van der Waals surface area contributed by atoms with Crippen LogP contribution in [-0.4, -0.2) is 20.2 Å². The number of hydrogen-bond acceptors (Lipinski definition) is 4. The Hall–Kier alpha value is -2.82. The molecule has 0 bridgehead atoms. The zero-order chi connectivity index (χ0) is 13.4. The summed E-state index contributed by atoms with van der Waals surface area (Å²) in [5.41, 5.74) is 0.742. The van der Waals surface area contributed by atoms with Crippen LogP contribution in [0.3, 0.4) is 0 Å². The molecule has 0 atom stereocenters. The Morgan fingerprint density at radius 1 is 1.00 bits per heavy atom. The first-order chi connectivity index (χ1) is 9.15. The average Bonchev–Trinajstić information content (AvgIpc) is 2.42. The number of phenols is 2. The largest absolute Gasteiger partial charge is 0.504 e. The van der Waals surface area contributed by atoms with Crippen molar-refractivity contribution in [2.45, 2.75) is 0 Å². The van der Waals surface area contributed by atoms with Crippen LogP contribution in [-0.2, 0) is 0 Å². The summed E-state index contributed by atoms with van der Waals surface area (Å²) < 4.78 is 0. The Morgan fingerprint density at radius 2 is 1.68 bits per heavy atom. The van der Waals surface area contributed by atoms with E-state index in [4.69, 9.17) is 0 Å². The van der Waals surface area contributed by atoms with Crippen molar-refractivity contribution >= 4 is 10.9 Å². The van der Waals surface area contributed by atoms with E-state index in [1.54, 1.807) is 0 Å². The van der Waals surface area contributed by atoms with Crippen LogP contribution in [0.5, 0.6) is 11.5 Å². The molecule has 19 heavy (non-hydrogen) atoms. The van der Waals surface area contributed by atoms with Gasteiger partial charge in [0, 0.05) is 11.6 Å². The summed E-state index contributed by atoms with van der Waals surface area (Å²) in [5, 5.41) is 19.1. The highest BCUT2D eigenvalue weighted by Gasteiger charge is 2.09. The molecule has 3 N–H and O–H groups in total. The van der Waals surface area contributed by atoms with Gasteiger partial charge >= 0.3 is 0 Å². The minimum Gasteiger partial charge on any atom is -0.504 e. The van der Waals surface area contributed by atoms with Crippen LogP contribution in [0.4, 0.5) is 0 Å². The molecule has 0 radical (unpaired) electrons. The Morgan fingerprint density at radius 3 is 2.42 bits per heavy atom. The van der Waals surface area contributed by atoms with E-state index in [1.807, 2.05) is 30.3 Å². The van der Waals surface area contributed by atoms with E-state index in [0.29, 0.717) is 11.3 Å². The van der Waals surface area contributed by atoms with Crippen molar-refractivity contribution in [3.8, 4) is 22.9 Å². The third-order valence-corrected chi connectivity index (χ3v) is 2.85. The minimum atomic E-state index is -0.362. The fourth-order valence-corrected chi connectivity index (χ4v) is 1.90. The number of rotatable bonds is 1. The number of nitrogens with zero attached hydrogens (tertiary/aromatic N) is 1. The van der Waals surface area contributed by atoms with E-state index in [1.165, 1.54) is 12.1 Å². The van der Waals surface area contributed by atoms with Gasteiger partial charge in [0.15, 0.2) is 11.5 Å². The molecule has 0 aliphatic heterocycles. The normalized spacial score (nSPS) is 10.7. The van der Waals surface area contributed by atoms with Gasteiger partial charge in [-0.25, -0.2) is 4.98 Å². The van der Waals surface area contributed by atoms with Gasteiger partial charge in [0.1, 0.15) is 5.82 Å². The number of hydrogen-bond donors (Lipinski definition) is 3. The standard InChI is InChI=1S/C14H10N2O3/c17-11-6-9-10(7-12(11)18)15-13(16-14(9)19)8-4-2-1-3-5-8/h1-7,17-18H,(H,15,16,19). The molecule has 0 aliphatic carbocycles. The second kappa shape index (κ2) is 4.13. The Bertz CT molecular complexity index is 810. The molecule has 3 rings (SSSR count). The predicted octanol–water partition coefficient (Wildman–Crippen LogP) is 2.00. The van der Waals surface area contributed by atoms with E-state index in [2.05, 4.69) is 9.97 Å². The van der Waals surface area contributed by atoms with Gasteiger partial charge in [-0.05, 0) is 6.07 Å². The van der Waals surface area contributed by atoms with Gasteiger partial charge in [0.25, 0.3) is 5.56 Å². The van der Waals surface area contributed by atoms with Crippen molar-refractivity contribution in [1.29, 1.82) is 0 Å². The molecule has 5 heteroatoms. The SMILES string of the molecule is O=c1[nH]c(-c2ccccc2)nc2cc(O)c(O)cc12. The van der Waals surface area contributed by atoms with Gasteiger partial charge in [-0.3, -0.25) is 4.79 Å². The lowest BCUT2D eigenvalue weighted by Crippen LogP contribution is -2.09. The van der Waals surface area contributed by atoms with E-state index >= 15 is 0 Å². The number of aromatic hydroxyl groups is 2. The molecular formula is C14H10N2O3. The molecular weight excluding hydrogens is 244 g/mol. The molecule has 2 aromatic carbocycles. The third kappa shape index (κ3) is 1.91. The number of phenolic OH excluding ortho intramolecular Hbond substituents is 2. The van der Waals surface area contributed by atoms with E-state index in [9.17, 15) is 15.0 Å². The highest BCUT2D eigenvalue weighted by molar-refractivity contribution is 5.83. The first-order valence-electron chi connectivity index (χ1n) is 5.66. The molecule has 1 heterocycles. The molecule has 3 aromatic rings. The van der Waals surface area contributed by atoms with Crippen molar-refractivity contribution in [1.82, 2.24) is 9.97 Å². The summed E-state index contributed by atoms with van der Waals surface area (Å²) >= 11 is 0. The maximum Gasteiger partial charge on any atom is 0.259 e. The van der Waals surface area contributed by atoms with Crippen molar-refractivity contribution in [3.05, 3.63) is 52.8 Å². The van der Waals surface area contributed by atoms with Crippen LogP contribution in [0, 0.1) is 0 Å². The maximum absolute atomic E-state index is 11.9. The zero-order valence-electron chi connectivity index (χ0n) is 9.79. The fourth-order valence-electron chi connectivity index (χ4n) is 1.90. The van der Waals surface area contributed by atoms with Gasteiger partial charge in [-0.1, -0.05) is 30.3 Å². The second-order valence-electron chi connectivity index (χ2n) is 4.14. The lowest BCUT2D eigenvalue weighted by Gasteiger charge is -2.04. The molecule has 0 saturated heterocycles. The van der Waals surface area contributed by atoms with E-state index < -0.39 is 0 Å². The molecule has 0 aliphatic rings. The summed E-state index contributed by atoms with van der Waals surface area (Å²) in [6.45, 7) is 0. The van der Waals surface area contributed by atoms with Crippen molar-refractivity contribution in [3.63, 3.8) is 0 Å². The van der Waals surface area contributed by atoms with E-state index in [0.717, 1.165) is 5.56 Å². The quantitative estimate of drug-likeness (QED) is 0.580. The van der Waals surface area contributed by atoms with Crippen molar-refractivity contribution in [2.75, 3.05) is 0 Å². The molecule has 1 aromatic heterocycles. The second-order valence-corrected chi connectivity index (χ2v) is 4.14. The summed E-state index contributed by atoms with van der Waals surface area (Å²) in [4.78, 5) is 18.9. The number of aromatic nitrogens is 2. The fraction of sp³-hybridized carbons (Fsp3) is 0. The zero-order valence-corrected chi connectivity index (χ0v) is 9.79.